The van der Waals surface area contributed by atoms with Gasteiger partial charge in [0.2, 0.25) is 10.0 Å². The number of piperazine rings is 1. The summed E-state index contributed by atoms with van der Waals surface area (Å²) >= 11 is 0. The summed E-state index contributed by atoms with van der Waals surface area (Å²) in [4.78, 5) is -0.0681. The van der Waals surface area contributed by atoms with E-state index in [9.17, 15) is 21.6 Å². The third-order valence-corrected chi connectivity index (χ3v) is 6.21. The zero-order valence-corrected chi connectivity index (χ0v) is 14.6. The van der Waals surface area contributed by atoms with Crippen molar-refractivity contribution in [1.29, 1.82) is 0 Å². The van der Waals surface area contributed by atoms with Gasteiger partial charge in [-0.05, 0) is 44.5 Å². The number of rotatable bonds is 2. The Morgan fingerprint density at radius 2 is 1.87 bits per heavy atom. The van der Waals surface area contributed by atoms with Gasteiger partial charge in [-0.15, -0.1) is 12.4 Å². The van der Waals surface area contributed by atoms with Crippen LogP contribution < -0.4 is 5.32 Å². The normalized spacial score (nSPS) is 23.4. The van der Waals surface area contributed by atoms with Crippen LogP contribution in [0, 0.1) is 6.92 Å². The first-order chi connectivity index (χ1) is 10.0. The number of halogens is 4. The van der Waals surface area contributed by atoms with Crippen LogP contribution in [0.2, 0.25) is 0 Å². The maximum absolute atomic E-state index is 12.7. The number of alkyl halides is 3. The second kappa shape index (κ2) is 6.96. The minimum absolute atomic E-state index is 0. The molecule has 0 spiro atoms. The van der Waals surface area contributed by atoms with E-state index in [-0.39, 0.29) is 34.9 Å². The Bertz CT molecular complexity index is 664. The Morgan fingerprint density at radius 3 is 2.39 bits per heavy atom. The molecule has 2 unspecified atom stereocenters. The van der Waals surface area contributed by atoms with Crippen molar-refractivity contribution in [2.45, 2.75) is 43.9 Å². The molecule has 1 aromatic carbocycles. The first-order valence-electron chi connectivity index (χ1n) is 6.98. The summed E-state index contributed by atoms with van der Waals surface area (Å²) in [7, 11) is -3.81. The van der Waals surface area contributed by atoms with Gasteiger partial charge in [0.15, 0.2) is 0 Å². The maximum atomic E-state index is 12.7. The largest absolute Gasteiger partial charge is 0.416 e. The predicted octanol–water partition coefficient (Wildman–Crippen LogP) is 2.81. The number of hydrogen-bond acceptors (Lipinski definition) is 3. The molecule has 2 atom stereocenters. The van der Waals surface area contributed by atoms with Crippen LogP contribution in [0.3, 0.4) is 0 Å². The molecular weight excluding hydrogens is 353 g/mol. The zero-order chi connectivity index (χ0) is 16.7. The van der Waals surface area contributed by atoms with Crippen molar-refractivity contribution in [3.05, 3.63) is 29.3 Å². The molecule has 0 aromatic heterocycles. The average molecular weight is 373 g/mol. The van der Waals surface area contributed by atoms with Gasteiger partial charge in [0.05, 0.1) is 10.5 Å². The lowest BCUT2D eigenvalue weighted by atomic mass is 10.1. The fourth-order valence-electron chi connectivity index (χ4n) is 2.61. The Labute approximate surface area is 140 Å². The molecule has 2 rings (SSSR count). The van der Waals surface area contributed by atoms with Crippen LogP contribution in [0.1, 0.15) is 25.0 Å². The van der Waals surface area contributed by atoms with Gasteiger partial charge >= 0.3 is 6.18 Å². The Balaban J connectivity index is 0.00000264. The lowest BCUT2D eigenvalue weighted by molar-refractivity contribution is -0.137. The first kappa shape index (κ1) is 20.2. The lowest BCUT2D eigenvalue weighted by Crippen LogP contribution is -2.57. The Hall–Kier alpha value is -0.830. The minimum Gasteiger partial charge on any atom is -0.311 e. The first-order valence-corrected chi connectivity index (χ1v) is 8.42. The molecule has 0 bridgehead atoms. The molecule has 0 radical (unpaired) electrons. The van der Waals surface area contributed by atoms with Crippen molar-refractivity contribution in [2.24, 2.45) is 0 Å². The topological polar surface area (TPSA) is 49.4 Å². The summed E-state index contributed by atoms with van der Waals surface area (Å²) in [6.07, 6.45) is -4.48. The molecule has 0 aliphatic carbocycles. The smallest absolute Gasteiger partial charge is 0.311 e. The van der Waals surface area contributed by atoms with E-state index in [1.54, 1.807) is 6.92 Å². The molecule has 0 saturated carbocycles. The molecule has 1 aliphatic heterocycles. The van der Waals surface area contributed by atoms with E-state index in [1.807, 2.05) is 6.92 Å². The Kier molecular flexibility index (Phi) is 6.12. The minimum atomic E-state index is -4.48. The summed E-state index contributed by atoms with van der Waals surface area (Å²) in [5.74, 6) is 0. The van der Waals surface area contributed by atoms with E-state index < -0.39 is 21.8 Å². The fraction of sp³-hybridized carbons (Fsp3) is 0.571. The third-order valence-electron chi connectivity index (χ3n) is 4.07. The van der Waals surface area contributed by atoms with Gasteiger partial charge < -0.3 is 5.32 Å². The molecule has 23 heavy (non-hydrogen) atoms. The van der Waals surface area contributed by atoms with Crippen LogP contribution in [-0.4, -0.2) is 37.9 Å². The highest BCUT2D eigenvalue weighted by Gasteiger charge is 2.36. The molecular formula is C14H20ClF3N2O2S. The molecule has 132 valence electrons. The third kappa shape index (κ3) is 3.99. The fourth-order valence-corrected chi connectivity index (χ4v) is 4.52. The van der Waals surface area contributed by atoms with Crippen LogP contribution in [0.15, 0.2) is 23.1 Å². The van der Waals surface area contributed by atoms with Gasteiger partial charge in [0.1, 0.15) is 0 Å². The summed E-state index contributed by atoms with van der Waals surface area (Å²) in [6.45, 7) is 5.87. The van der Waals surface area contributed by atoms with E-state index in [1.165, 1.54) is 11.2 Å². The Morgan fingerprint density at radius 1 is 1.26 bits per heavy atom. The van der Waals surface area contributed by atoms with E-state index in [0.29, 0.717) is 13.1 Å². The summed E-state index contributed by atoms with van der Waals surface area (Å²) in [5, 5.41) is 3.17. The standard InChI is InChI=1S/C14H19F3N2O2S.ClH/c1-9-8-12(14(15,16)17)4-5-13(9)22(20,21)19-7-6-18-10(2)11(19)3;/h4-5,8,10-11,18H,6-7H2,1-3H3;1H. The van der Waals surface area contributed by atoms with Gasteiger partial charge in [0.25, 0.3) is 0 Å². The molecule has 1 aliphatic rings. The molecule has 1 heterocycles. The number of aryl methyl sites for hydroxylation is 1. The maximum Gasteiger partial charge on any atom is 0.416 e. The molecule has 1 fully saturated rings. The van der Waals surface area contributed by atoms with Crippen LogP contribution in [0.4, 0.5) is 13.2 Å². The number of nitrogens with one attached hydrogen (secondary N) is 1. The van der Waals surface area contributed by atoms with E-state index >= 15 is 0 Å². The number of nitrogens with zero attached hydrogens (tertiary/aromatic N) is 1. The second-order valence-electron chi connectivity index (χ2n) is 5.58. The quantitative estimate of drug-likeness (QED) is 0.868. The monoisotopic (exact) mass is 372 g/mol. The molecule has 0 amide bonds. The number of hydrogen-bond donors (Lipinski definition) is 1. The average Bonchev–Trinajstić information content (AvgIpc) is 2.40. The van der Waals surface area contributed by atoms with Gasteiger partial charge in [-0.25, -0.2) is 8.42 Å². The molecule has 1 aromatic rings. The van der Waals surface area contributed by atoms with Crippen molar-refractivity contribution in [3.8, 4) is 0 Å². The summed E-state index contributed by atoms with van der Waals surface area (Å²) in [6, 6.07) is 2.46. The molecule has 9 heteroatoms. The number of benzene rings is 1. The van der Waals surface area contributed by atoms with Gasteiger partial charge in [-0.2, -0.15) is 17.5 Å². The van der Waals surface area contributed by atoms with Crippen LogP contribution in [-0.2, 0) is 16.2 Å². The van der Waals surface area contributed by atoms with Crippen molar-refractivity contribution in [1.82, 2.24) is 9.62 Å². The van der Waals surface area contributed by atoms with Crippen LogP contribution in [0.5, 0.6) is 0 Å². The van der Waals surface area contributed by atoms with Gasteiger partial charge in [-0.1, -0.05) is 0 Å². The van der Waals surface area contributed by atoms with Crippen LogP contribution >= 0.6 is 12.4 Å². The summed E-state index contributed by atoms with van der Waals surface area (Å²) in [5.41, 5.74) is -0.737. The van der Waals surface area contributed by atoms with Gasteiger partial charge in [-0.3, -0.25) is 0 Å². The molecule has 1 N–H and O–H groups in total. The van der Waals surface area contributed by atoms with Crippen molar-refractivity contribution in [2.75, 3.05) is 13.1 Å². The second-order valence-corrected chi connectivity index (χ2v) is 7.44. The van der Waals surface area contributed by atoms with E-state index in [4.69, 9.17) is 0 Å². The lowest BCUT2D eigenvalue weighted by Gasteiger charge is -2.37. The highest BCUT2D eigenvalue weighted by atomic mass is 35.5. The predicted molar refractivity (Wildman–Crippen MR) is 84.2 cm³/mol. The zero-order valence-electron chi connectivity index (χ0n) is 13.0. The van der Waals surface area contributed by atoms with Crippen molar-refractivity contribution >= 4 is 22.4 Å². The molecule has 1 saturated heterocycles. The molecule has 4 nitrogen and oxygen atoms in total. The summed E-state index contributed by atoms with van der Waals surface area (Å²) < 4.78 is 64.9. The van der Waals surface area contributed by atoms with Crippen molar-refractivity contribution in [3.63, 3.8) is 0 Å². The van der Waals surface area contributed by atoms with E-state index in [2.05, 4.69) is 5.32 Å². The van der Waals surface area contributed by atoms with E-state index in [0.717, 1.165) is 18.2 Å². The van der Waals surface area contributed by atoms with Gasteiger partial charge in [0, 0.05) is 25.2 Å². The van der Waals surface area contributed by atoms with Crippen LogP contribution in [0.25, 0.3) is 0 Å². The number of sulfonamides is 1. The highest BCUT2D eigenvalue weighted by molar-refractivity contribution is 7.89. The SMILES string of the molecule is Cc1cc(C(F)(F)F)ccc1S(=O)(=O)N1CCNC(C)C1C.Cl. The van der Waals surface area contributed by atoms with Crippen molar-refractivity contribution < 1.29 is 21.6 Å². The highest BCUT2D eigenvalue weighted by Crippen LogP contribution is 2.32.